The maximum absolute atomic E-state index is 12.0. The lowest BCUT2D eigenvalue weighted by atomic mass is 10.1. The van der Waals surface area contributed by atoms with Crippen LogP contribution in [0.5, 0.6) is 0 Å². The third-order valence-corrected chi connectivity index (χ3v) is 3.51. The quantitative estimate of drug-likeness (QED) is 0.631. The molecule has 2 aromatic rings. The number of nitrogens with one attached hydrogen (secondary N) is 1. The maximum atomic E-state index is 12.0. The Balaban J connectivity index is 2.01. The van der Waals surface area contributed by atoms with Gasteiger partial charge < -0.3 is 5.32 Å². The van der Waals surface area contributed by atoms with Gasteiger partial charge in [-0.05, 0) is 48.0 Å². The standard InChI is InChI=1S/C19H18ClNO2/c1-13(2)19(23)21-17-10-3-14(4-11-17)5-12-18(22)15-6-8-16(20)9-7-15/h3-13H,1-2H3,(H,21,23)/b12-5+. The van der Waals surface area contributed by atoms with Gasteiger partial charge in [-0.25, -0.2) is 0 Å². The molecule has 1 N–H and O–H groups in total. The van der Waals surface area contributed by atoms with Gasteiger partial charge >= 0.3 is 0 Å². The summed E-state index contributed by atoms with van der Waals surface area (Å²) in [5, 5.41) is 3.42. The lowest BCUT2D eigenvalue weighted by Crippen LogP contribution is -2.17. The van der Waals surface area contributed by atoms with Crippen LogP contribution in [0.15, 0.2) is 54.6 Å². The molecule has 1 amide bonds. The number of amides is 1. The average Bonchev–Trinajstić information content (AvgIpc) is 2.54. The van der Waals surface area contributed by atoms with Crippen molar-refractivity contribution in [3.8, 4) is 0 Å². The second-order valence-electron chi connectivity index (χ2n) is 5.47. The van der Waals surface area contributed by atoms with Gasteiger partial charge in [0.2, 0.25) is 5.91 Å². The van der Waals surface area contributed by atoms with E-state index >= 15 is 0 Å². The molecule has 0 aliphatic heterocycles. The number of ketones is 1. The van der Waals surface area contributed by atoms with Crippen LogP contribution in [-0.4, -0.2) is 11.7 Å². The third kappa shape index (κ3) is 5.08. The highest BCUT2D eigenvalue weighted by Gasteiger charge is 2.06. The van der Waals surface area contributed by atoms with Gasteiger partial charge in [-0.3, -0.25) is 9.59 Å². The number of rotatable bonds is 5. The largest absolute Gasteiger partial charge is 0.326 e. The van der Waals surface area contributed by atoms with E-state index in [0.717, 1.165) is 11.3 Å². The molecule has 0 aliphatic carbocycles. The van der Waals surface area contributed by atoms with Gasteiger partial charge in [0.1, 0.15) is 0 Å². The van der Waals surface area contributed by atoms with E-state index in [-0.39, 0.29) is 17.6 Å². The molecule has 0 radical (unpaired) electrons. The molecular formula is C19H18ClNO2. The summed E-state index contributed by atoms with van der Waals surface area (Å²) in [6, 6.07) is 14.1. The summed E-state index contributed by atoms with van der Waals surface area (Å²) in [5.41, 5.74) is 2.21. The summed E-state index contributed by atoms with van der Waals surface area (Å²) in [6.45, 7) is 3.68. The lowest BCUT2D eigenvalue weighted by Gasteiger charge is -2.07. The first-order valence-electron chi connectivity index (χ1n) is 7.34. The molecule has 0 spiro atoms. The molecule has 0 unspecified atom stereocenters. The number of carbonyl (C=O) groups is 2. The average molecular weight is 328 g/mol. The van der Waals surface area contributed by atoms with Crippen LogP contribution in [-0.2, 0) is 4.79 Å². The van der Waals surface area contributed by atoms with Crippen molar-refractivity contribution in [3.63, 3.8) is 0 Å². The summed E-state index contributed by atoms with van der Waals surface area (Å²) in [4.78, 5) is 23.6. The Morgan fingerprint density at radius 1 is 1.00 bits per heavy atom. The van der Waals surface area contributed by atoms with Crippen molar-refractivity contribution in [1.29, 1.82) is 0 Å². The summed E-state index contributed by atoms with van der Waals surface area (Å²) >= 11 is 5.80. The van der Waals surface area contributed by atoms with Crippen LogP contribution in [0.25, 0.3) is 6.08 Å². The Labute approximate surface area is 141 Å². The normalized spacial score (nSPS) is 11.0. The van der Waals surface area contributed by atoms with Crippen LogP contribution >= 0.6 is 11.6 Å². The van der Waals surface area contributed by atoms with Crippen LogP contribution in [0, 0.1) is 5.92 Å². The molecule has 4 heteroatoms. The number of hydrogen-bond acceptors (Lipinski definition) is 2. The van der Waals surface area contributed by atoms with Crippen molar-refractivity contribution in [2.45, 2.75) is 13.8 Å². The second-order valence-corrected chi connectivity index (χ2v) is 5.91. The number of anilines is 1. The molecule has 2 rings (SSSR count). The number of hydrogen-bond donors (Lipinski definition) is 1. The van der Waals surface area contributed by atoms with Gasteiger partial charge in [-0.1, -0.05) is 43.7 Å². The fourth-order valence-corrected chi connectivity index (χ4v) is 1.97. The first-order chi connectivity index (χ1) is 11.0. The van der Waals surface area contributed by atoms with E-state index in [0.29, 0.717) is 10.6 Å². The van der Waals surface area contributed by atoms with E-state index in [1.165, 1.54) is 6.08 Å². The van der Waals surface area contributed by atoms with Gasteiger partial charge in [0, 0.05) is 22.2 Å². The zero-order chi connectivity index (χ0) is 16.8. The van der Waals surface area contributed by atoms with Crippen molar-refractivity contribution < 1.29 is 9.59 Å². The number of carbonyl (C=O) groups excluding carboxylic acids is 2. The Kier molecular flexibility index (Phi) is 5.72. The van der Waals surface area contributed by atoms with E-state index in [4.69, 9.17) is 11.6 Å². The molecule has 3 nitrogen and oxygen atoms in total. The summed E-state index contributed by atoms with van der Waals surface area (Å²) in [7, 11) is 0. The highest BCUT2D eigenvalue weighted by Crippen LogP contribution is 2.14. The molecule has 0 aromatic heterocycles. The SMILES string of the molecule is CC(C)C(=O)Nc1ccc(/C=C/C(=O)c2ccc(Cl)cc2)cc1. The summed E-state index contributed by atoms with van der Waals surface area (Å²) < 4.78 is 0. The molecule has 118 valence electrons. The van der Waals surface area contributed by atoms with Crippen LogP contribution in [0.1, 0.15) is 29.8 Å². The topological polar surface area (TPSA) is 46.2 Å². The van der Waals surface area contributed by atoms with E-state index in [1.807, 2.05) is 38.1 Å². The lowest BCUT2D eigenvalue weighted by molar-refractivity contribution is -0.118. The fraction of sp³-hybridized carbons (Fsp3) is 0.158. The van der Waals surface area contributed by atoms with Crippen LogP contribution in [0.4, 0.5) is 5.69 Å². The number of allylic oxidation sites excluding steroid dienone is 1. The Morgan fingerprint density at radius 3 is 2.17 bits per heavy atom. The maximum Gasteiger partial charge on any atom is 0.226 e. The zero-order valence-electron chi connectivity index (χ0n) is 13.0. The zero-order valence-corrected chi connectivity index (χ0v) is 13.8. The van der Waals surface area contributed by atoms with Crippen LogP contribution in [0.2, 0.25) is 5.02 Å². The molecule has 0 saturated heterocycles. The summed E-state index contributed by atoms with van der Waals surface area (Å²) in [5.74, 6) is -0.170. The van der Waals surface area contributed by atoms with Crippen LogP contribution in [0.3, 0.4) is 0 Å². The van der Waals surface area contributed by atoms with Gasteiger partial charge in [0.05, 0.1) is 0 Å². The molecule has 0 aliphatic rings. The van der Waals surface area contributed by atoms with Gasteiger partial charge in [0.15, 0.2) is 5.78 Å². The Morgan fingerprint density at radius 2 is 1.61 bits per heavy atom. The van der Waals surface area contributed by atoms with E-state index in [9.17, 15) is 9.59 Å². The van der Waals surface area contributed by atoms with Crippen molar-refractivity contribution in [2.24, 2.45) is 5.92 Å². The van der Waals surface area contributed by atoms with Crippen LogP contribution < -0.4 is 5.32 Å². The highest BCUT2D eigenvalue weighted by molar-refractivity contribution is 6.30. The molecule has 0 fully saturated rings. The minimum absolute atomic E-state index is 0.0220. The predicted molar refractivity (Wildman–Crippen MR) is 94.7 cm³/mol. The van der Waals surface area contributed by atoms with Crippen molar-refractivity contribution >= 4 is 35.1 Å². The van der Waals surface area contributed by atoms with Gasteiger partial charge in [-0.15, -0.1) is 0 Å². The first-order valence-corrected chi connectivity index (χ1v) is 7.72. The second kappa shape index (κ2) is 7.75. The van der Waals surface area contributed by atoms with Crippen molar-refractivity contribution in [1.82, 2.24) is 0 Å². The number of halogens is 1. The summed E-state index contributed by atoms with van der Waals surface area (Å²) in [6.07, 6.45) is 3.26. The molecule has 2 aromatic carbocycles. The van der Waals surface area contributed by atoms with E-state index in [2.05, 4.69) is 5.32 Å². The molecule has 0 bridgehead atoms. The predicted octanol–water partition coefficient (Wildman–Crippen LogP) is 4.83. The van der Waals surface area contributed by atoms with E-state index in [1.54, 1.807) is 30.3 Å². The van der Waals surface area contributed by atoms with E-state index < -0.39 is 0 Å². The van der Waals surface area contributed by atoms with Crippen molar-refractivity contribution in [3.05, 3.63) is 70.8 Å². The minimum atomic E-state index is -0.0844. The van der Waals surface area contributed by atoms with Gasteiger partial charge in [0.25, 0.3) is 0 Å². The third-order valence-electron chi connectivity index (χ3n) is 3.26. The number of benzene rings is 2. The monoisotopic (exact) mass is 327 g/mol. The molecule has 23 heavy (non-hydrogen) atoms. The molecule has 0 heterocycles. The smallest absolute Gasteiger partial charge is 0.226 e. The Hall–Kier alpha value is -2.39. The Bertz CT molecular complexity index is 716. The van der Waals surface area contributed by atoms with Gasteiger partial charge in [-0.2, -0.15) is 0 Å². The molecular weight excluding hydrogens is 310 g/mol. The minimum Gasteiger partial charge on any atom is -0.326 e. The molecule has 0 atom stereocenters. The van der Waals surface area contributed by atoms with Crippen molar-refractivity contribution in [2.75, 3.05) is 5.32 Å². The highest BCUT2D eigenvalue weighted by atomic mass is 35.5. The first kappa shape index (κ1) is 17.0. The fourth-order valence-electron chi connectivity index (χ4n) is 1.85. The molecule has 0 saturated carbocycles.